The number of morpholine rings is 1. The first-order valence-corrected chi connectivity index (χ1v) is 9.90. The van der Waals surface area contributed by atoms with Crippen LogP contribution in [0.1, 0.15) is 34.6 Å². The van der Waals surface area contributed by atoms with Gasteiger partial charge >= 0.3 is 0 Å². The van der Waals surface area contributed by atoms with Crippen LogP contribution in [-0.2, 0) is 16.1 Å². The van der Waals surface area contributed by atoms with Gasteiger partial charge in [-0.05, 0) is 30.7 Å². The molecule has 0 radical (unpaired) electrons. The van der Waals surface area contributed by atoms with E-state index in [4.69, 9.17) is 13.9 Å². The number of hydrogen-bond donors (Lipinski definition) is 1. The van der Waals surface area contributed by atoms with Crippen LogP contribution in [0.25, 0.3) is 11.0 Å². The highest BCUT2D eigenvalue weighted by Gasteiger charge is 2.22. The third kappa shape index (κ3) is 4.13. The minimum absolute atomic E-state index is 0.148. The van der Waals surface area contributed by atoms with Gasteiger partial charge in [0.25, 0.3) is 5.91 Å². The fourth-order valence-electron chi connectivity index (χ4n) is 3.71. The highest BCUT2D eigenvalue weighted by molar-refractivity contribution is 5.99. The SMILES string of the molecule is COCc1c(C(=O)NC(C)c2ccc(N3CCOCC3)cc2)oc2ccccc12. The Morgan fingerprint density at radius 2 is 1.86 bits per heavy atom. The molecule has 1 unspecified atom stereocenters. The molecular formula is C23H26N2O4. The van der Waals surface area contributed by atoms with Crippen LogP contribution in [0, 0.1) is 0 Å². The Kier molecular flexibility index (Phi) is 5.83. The quantitative estimate of drug-likeness (QED) is 0.687. The monoisotopic (exact) mass is 394 g/mol. The van der Waals surface area contributed by atoms with Crippen LogP contribution in [-0.4, -0.2) is 39.3 Å². The first-order valence-electron chi connectivity index (χ1n) is 9.90. The van der Waals surface area contributed by atoms with E-state index < -0.39 is 0 Å². The van der Waals surface area contributed by atoms with Gasteiger partial charge in [-0.2, -0.15) is 0 Å². The molecule has 1 aliphatic heterocycles. The fraction of sp³-hybridized carbons (Fsp3) is 0.348. The van der Waals surface area contributed by atoms with Crippen molar-refractivity contribution in [3.05, 3.63) is 65.4 Å². The van der Waals surface area contributed by atoms with Crippen LogP contribution < -0.4 is 10.2 Å². The van der Waals surface area contributed by atoms with Crippen LogP contribution in [0.2, 0.25) is 0 Å². The summed E-state index contributed by atoms with van der Waals surface area (Å²) in [5, 5.41) is 3.95. The third-order valence-electron chi connectivity index (χ3n) is 5.31. The molecule has 1 amide bonds. The molecule has 29 heavy (non-hydrogen) atoms. The van der Waals surface area contributed by atoms with E-state index in [-0.39, 0.29) is 11.9 Å². The lowest BCUT2D eigenvalue weighted by molar-refractivity contribution is 0.0907. The molecule has 1 aliphatic rings. The molecule has 0 spiro atoms. The topological polar surface area (TPSA) is 63.9 Å². The zero-order valence-electron chi connectivity index (χ0n) is 16.8. The van der Waals surface area contributed by atoms with Crippen molar-refractivity contribution in [2.45, 2.75) is 19.6 Å². The Bertz CT molecular complexity index is 974. The third-order valence-corrected chi connectivity index (χ3v) is 5.31. The number of carbonyl (C=O) groups is 1. The van der Waals surface area contributed by atoms with E-state index in [0.29, 0.717) is 18.0 Å². The van der Waals surface area contributed by atoms with Gasteiger partial charge in [-0.3, -0.25) is 4.79 Å². The first kappa shape index (κ1) is 19.5. The number of amides is 1. The van der Waals surface area contributed by atoms with Crippen LogP contribution in [0.15, 0.2) is 52.9 Å². The number of para-hydroxylation sites is 1. The van der Waals surface area contributed by atoms with Crippen LogP contribution in [0.4, 0.5) is 5.69 Å². The van der Waals surface area contributed by atoms with Crippen molar-refractivity contribution in [1.82, 2.24) is 5.32 Å². The Labute approximate surface area is 170 Å². The summed E-state index contributed by atoms with van der Waals surface area (Å²) in [7, 11) is 1.61. The summed E-state index contributed by atoms with van der Waals surface area (Å²) in [6.07, 6.45) is 0. The number of ether oxygens (including phenoxy) is 2. The van der Waals surface area contributed by atoms with Gasteiger partial charge < -0.3 is 24.1 Å². The maximum Gasteiger partial charge on any atom is 0.287 e. The van der Waals surface area contributed by atoms with Crippen molar-refractivity contribution >= 4 is 22.6 Å². The number of rotatable bonds is 6. The molecule has 1 atom stereocenters. The van der Waals surface area contributed by atoms with Crippen molar-refractivity contribution in [2.75, 3.05) is 38.3 Å². The van der Waals surface area contributed by atoms with Crippen molar-refractivity contribution in [1.29, 1.82) is 0 Å². The van der Waals surface area contributed by atoms with Crippen molar-refractivity contribution in [3.8, 4) is 0 Å². The number of carbonyl (C=O) groups excluding carboxylic acids is 1. The summed E-state index contributed by atoms with van der Waals surface area (Å²) in [6.45, 7) is 5.62. The zero-order valence-corrected chi connectivity index (χ0v) is 16.8. The summed E-state index contributed by atoms with van der Waals surface area (Å²) >= 11 is 0. The van der Waals surface area contributed by atoms with Gasteiger partial charge in [0.1, 0.15) is 5.58 Å². The number of anilines is 1. The largest absolute Gasteiger partial charge is 0.451 e. The van der Waals surface area contributed by atoms with Crippen LogP contribution in [0.5, 0.6) is 0 Å². The lowest BCUT2D eigenvalue weighted by Gasteiger charge is -2.29. The molecule has 3 aromatic rings. The molecule has 2 heterocycles. The second kappa shape index (κ2) is 8.68. The average Bonchev–Trinajstić information content (AvgIpc) is 3.13. The number of nitrogens with zero attached hydrogens (tertiary/aromatic N) is 1. The van der Waals surface area contributed by atoms with Crippen molar-refractivity contribution in [2.24, 2.45) is 0 Å². The van der Waals surface area contributed by atoms with E-state index in [1.54, 1.807) is 7.11 Å². The molecule has 0 saturated carbocycles. The Hall–Kier alpha value is -2.83. The zero-order chi connectivity index (χ0) is 20.2. The maximum absolute atomic E-state index is 12.9. The Morgan fingerprint density at radius 3 is 2.59 bits per heavy atom. The molecule has 1 aromatic heterocycles. The molecular weight excluding hydrogens is 368 g/mol. The normalized spacial score (nSPS) is 15.4. The van der Waals surface area contributed by atoms with E-state index in [2.05, 4.69) is 34.5 Å². The molecule has 152 valence electrons. The van der Waals surface area contributed by atoms with E-state index in [1.165, 1.54) is 5.69 Å². The van der Waals surface area contributed by atoms with Crippen molar-refractivity contribution in [3.63, 3.8) is 0 Å². The summed E-state index contributed by atoms with van der Waals surface area (Å²) in [6, 6.07) is 15.8. The summed E-state index contributed by atoms with van der Waals surface area (Å²) in [5.74, 6) is 0.0721. The molecule has 6 heteroatoms. The maximum atomic E-state index is 12.9. The van der Waals surface area contributed by atoms with Gasteiger partial charge in [-0.1, -0.05) is 30.3 Å². The van der Waals surface area contributed by atoms with Crippen molar-refractivity contribution < 1.29 is 18.7 Å². The van der Waals surface area contributed by atoms with Gasteiger partial charge in [-0.15, -0.1) is 0 Å². The van der Waals surface area contributed by atoms with Gasteiger partial charge in [0.2, 0.25) is 0 Å². The van der Waals surface area contributed by atoms with Crippen LogP contribution in [0.3, 0.4) is 0 Å². The molecule has 1 saturated heterocycles. The molecule has 4 rings (SSSR count). The number of fused-ring (bicyclic) bond motifs is 1. The number of furan rings is 1. The smallest absolute Gasteiger partial charge is 0.287 e. The molecule has 0 bridgehead atoms. The first-order chi connectivity index (χ1) is 14.2. The van der Waals surface area contributed by atoms with Gasteiger partial charge in [0.05, 0.1) is 25.9 Å². The standard InChI is InChI=1S/C23H26N2O4/c1-16(17-7-9-18(10-8-17)25-11-13-28-14-12-25)24-23(26)22-20(15-27-2)19-5-3-4-6-21(19)29-22/h3-10,16H,11-15H2,1-2H3,(H,24,26). The summed E-state index contributed by atoms with van der Waals surface area (Å²) in [5.41, 5.74) is 3.68. The highest BCUT2D eigenvalue weighted by atomic mass is 16.5. The van der Waals surface area contributed by atoms with Gasteiger partial charge in [0, 0.05) is 36.8 Å². The average molecular weight is 394 g/mol. The van der Waals surface area contributed by atoms with E-state index in [0.717, 1.165) is 42.8 Å². The van der Waals surface area contributed by atoms with E-state index in [1.807, 2.05) is 31.2 Å². The number of nitrogens with one attached hydrogen (secondary N) is 1. The van der Waals surface area contributed by atoms with E-state index in [9.17, 15) is 4.79 Å². The molecule has 1 N–H and O–H groups in total. The minimum atomic E-state index is -0.238. The molecule has 6 nitrogen and oxygen atoms in total. The number of methoxy groups -OCH3 is 1. The van der Waals surface area contributed by atoms with Crippen LogP contribution >= 0.6 is 0 Å². The highest BCUT2D eigenvalue weighted by Crippen LogP contribution is 2.27. The Morgan fingerprint density at radius 1 is 1.14 bits per heavy atom. The fourth-order valence-corrected chi connectivity index (χ4v) is 3.71. The second-order valence-corrected chi connectivity index (χ2v) is 7.23. The lowest BCUT2D eigenvalue weighted by atomic mass is 10.1. The molecule has 0 aliphatic carbocycles. The van der Waals surface area contributed by atoms with Gasteiger partial charge in [0.15, 0.2) is 5.76 Å². The summed E-state index contributed by atoms with van der Waals surface area (Å²) < 4.78 is 16.5. The predicted octanol–water partition coefficient (Wildman–Crippen LogP) is 3.91. The summed E-state index contributed by atoms with van der Waals surface area (Å²) in [4.78, 5) is 15.2. The predicted molar refractivity (Wildman–Crippen MR) is 112 cm³/mol. The minimum Gasteiger partial charge on any atom is -0.451 e. The lowest BCUT2D eigenvalue weighted by Crippen LogP contribution is -2.36. The van der Waals surface area contributed by atoms with E-state index >= 15 is 0 Å². The molecule has 2 aromatic carbocycles. The van der Waals surface area contributed by atoms with Gasteiger partial charge in [-0.25, -0.2) is 0 Å². The number of benzene rings is 2. The second-order valence-electron chi connectivity index (χ2n) is 7.23. The molecule has 1 fully saturated rings. The number of hydrogen-bond acceptors (Lipinski definition) is 5. The Balaban J connectivity index is 1.49.